The predicted molar refractivity (Wildman–Crippen MR) is 90.8 cm³/mol. The highest BCUT2D eigenvalue weighted by Gasteiger charge is 2.37. The molecule has 0 saturated carbocycles. The van der Waals surface area contributed by atoms with Gasteiger partial charge in [0, 0.05) is 18.2 Å². The third kappa shape index (κ3) is 5.18. The van der Waals surface area contributed by atoms with E-state index in [0.717, 1.165) is 0 Å². The standard InChI is InChI=1S/C18H14F6N2O3/c1-25-15(27)9-3-4-13(14(7-9)29-2)26-16(28)10-5-11(17(19,20)21)8-12(6-10)18(22,23)24/h3-8H,1-2H3,(H,25,27)(H,26,28). The number of hydrogen-bond donors (Lipinski definition) is 2. The largest absolute Gasteiger partial charge is 0.495 e. The molecule has 0 bridgehead atoms. The maximum absolute atomic E-state index is 12.9. The Morgan fingerprint density at radius 2 is 1.38 bits per heavy atom. The van der Waals surface area contributed by atoms with Crippen molar-refractivity contribution in [2.45, 2.75) is 12.4 Å². The van der Waals surface area contributed by atoms with E-state index in [1.807, 2.05) is 0 Å². The van der Waals surface area contributed by atoms with Crippen LogP contribution in [0.5, 0.6) is 5.75 Å². The Morgan fingerprint density at radius 3 is 1.83 bits per heavy atom. The minimum absolute atomic E-state index is 0.0116. The van der Waals surface area contributed by atoms with Crippen molar-refractivity contribution < 1.29 is 40.7 Å². The molecule has 0 saturated heterocycles. The van der Waals surface area contributed by atoms with E-state index in [1.54, 1.807) is 0 Å². The number of ether oxygens (including phenoxy) is 1. The van der Waals surface area contributed by atoms with Crippen LogP contribution in [0.15, 0.2) is 36.4 Å². The van der Waals surface area contributed by atoms with E-state index in [4.69, 9.17) is 4.74 Å². The van der Waals surface area contributed by atoms with Crippen molar-refractivity contribution >= 4 is 17.5 Å². The lowest BCUT2D eigenvalue weighted by atomic mass is 10.0. The third-order valence-electron chi connectivity index (χ3n) is 3.79. The zero-order chi connectivity index (χ0) is 22.0. The second-order valence-electron chi connectivity index (χ2n) is 5.74. The van der Waals surface area contributed by atoms with Crippen LogP contribution in [-0.2, 0) is 12.4 Å². The summed E-state index contributed by atoms with van der Waals surface area (Å²) in [6, 6.07) is 4.34. The van der Waals surface area contributed by atoms with Crippen LogP contribution in [0.1, 0.15) is 31.8 Å². The summed E-state index contributed by atoms with van der Waals surface area (Å²) in [5.74, 6) is -1.69. The van der Waals surface area contributed by atoms with Gasteiger partial charge in [0.25, 0.3) is 11.8 Å². The van der Waals surface area contributed by atoms with Crippen molar-refractivity contribution in [3.8, 4) is 5.75 Å². The van der Waals surface area contributed by atoms with Crippen LogP contribution in [0.25, 0.3) is 0 Å². The molecule has 156 valence electrons. The maximum atomic E-state index is 12.9. The van der Waals surface area contributed by atoms with Gasteiger partial charge in [-0.15, -0.1) is 0 Å². The molecule has 0 spiro atoms. The van der Waals surface area contributed by atoms with Crippen LogP contribution in [0.3, 0.4) is 0 Å². The van der Waals surface area contributed by atoms with Crippen LogP contribution in [0, 0.1) is 0 Å². The molecule has 0 heterocycles. The molecular weight excluding hydrogens is 406 g/mol. The molecular formula is C18H14F6N2O3. The fourth-order valence-electron chi connectivity index (χ4n) is 2.36. The molecule has 0 radical (unpaired) electrons. The first kappa shape index (κ1) is 22.1. The zero-order valence-corrected chi connectivity index (χ0v) is 15.0. The summed E-state index contributed by atoms with van der Waals surface area (Å²) < 4.78 is 82.7. The molecule has 2 rings (SSSR count). The number of carbonyl (C=O) groups is 2. The maximum Gasteiger partial charge on any atom is 0.416 e. The average Bonchev–Trinajstić information content (AvgIpc) is 2.65. The molecule has 0 aliphatic carbocycles. The molecule has 11 heteroatoms. The first-order valence-corrected chi connectivity index (χ1v) is 7.87. The van der Waals surface area contributed by atoms with Gasteiger partial charge in [-0.25, -0.2) is 0 Å². The van der Waals surface area contributed by atoms with Crippen molar-refractivity contribution in [2.75, 3.05) is 19.5 Å². The molecule has 0 aliphatic heterocycles. The molecule has 2 amide bonds. The van der Waals surface area contributed by atoms with E-state index in [0.29, 0.717) is 12.1 Å². The highest BCUT2D eigenvalue weighted by atomic mass is 19.4. The van der Waals surface area contributed by atoms with Crippen molar-refractivity contribution in [3.63, 3.8) is 0 Å². The fourth-order valence-corrected chi connectivity index (χ4v) is 2.36. The molecule has 0 unspecified atom stereocenters. The topological polar surface area (TPSA) is 67.4 Å². The van der Waals surface area contributed by atoms with Gasteiger partial charge < -0.3 is 15.4 Å². The highest BCUT2D eigenvalue weighted by Crippen LogP contribution is 2.36. The van der Waals surface area contributed by atoms with E-state index in [1.165, 1.54) is 32.4 Å². The number of amides is 2. The summed E-state index contributed by atoms with van der Waals surface area (Å²) in [5.41, 5.74) is -3.94. The number of carbonyl (C=O) groups excluding carboxylic acids is 2. The number of alkyl halides is 6. The molecule has 5 nitrogen and oxygen atoms in total. The van der Waals surface area contributed by atoms with E-state index < -0.39 is 40.9 Å². The molecule has 0 aliphatic rings. The van der Waals surface area contributed by atoms with Crippen molar-refractivity contribution in [1.29, 1.82) is 0 Å². The number of halogens is 6. The van der Waals surface area contributed by atoms with Crippen molar-refractivity contribution in [2.24, 2.45) is 0 Å². The van der Waals surface area contributed by atoms with Gasteiger partial charge in [-0.3, -0.25) is 9.59 Å². The van der Waals surface area contributed by atoms with Gasteiger partial charge in [-0.2, -0.15) is 26.3 Å². The summed E-state index contributed by atoms with van der Waals surface area (Å²) in [6.45, 7) is 0. The molecule has 0 atom stereocenters. The Hall–Kier alpha value is -3.24. The second kappa shape index (κ2) is 8.02. The fraction of sp³-hybridized carbons (Fsp3) is 0.222. The van der Waals surface area contributed by atoms with Crippen LogP contribution in [0.4, 0.5) is 32.0 Å². The summed E-state index contributed by atoms with van der Waals surface area (Å²) in [6.07, 6.45) is -10.2. The SMILES string of the molecule is CNC(=O)c1ccc(NC(=O)c2cc(C(F)(F)F)cc(C(F)(F)F)c2)c(OC)c1. The lowest BCUT2D eigenvalue weighted by Crippen LogP contribution is -2.19. The normalized spacial score (nSPS) is 11.7. The number of rotatable bonds is 4. The Kier molecular flexibility index (Phi) is 6.10. The summed E-state index contributed by atoms with van der Waals surface area (Å²) in [4.78, 5) is 24.0. The number of hydrogen-bond acceptors (Lipinski definition) is 3. The molecule has 29 heavy (non-hydrogen) atoms. The van der Waals surface area contributed by atoms with Crippen LogP contribution in [0.2, 0.25) is 0 Å². The van der Waals surface area contributed by atoms with E-state index in [9.17, 15) is 35.9 Å². The van der Waals surface area contributed by atoms with Gasteiger partial charge >= 0.3 is 12.4 Å². The second-order valence-corrected chi connectivity index (χ2v) is 5.74. The van der Waals surface area contributed by atoms with Gasteiger partial charge in [-0.1, -0.05) is 0 Å². The molecule has 0 aromatic heterocycles. The third-order valence-corrected chi connectivity index (χ3v) is 3.79. The Morgan fingerprint density at radius 1 is 0.828 bits per heavy atom. The van der Waals surface area contributed by atoms with Gasteiger partial charge in [0.05, 0.1) is 23.9 Å². The summed E-state index contributed by atoms with van der Waals surface area (Å²) >= 11 is 0. The number of benzene rings is 2. The first-order chi connectivity index (χ1) is 13.4. The first-order valence-electron chi connectivity index (χ1n) is 7.87. The summed E-state index contributed by atoms with van der Waals surface area (Å²) in [5, 5.41) is 4.55. The van der Waals surface area contributed by atoms with Gasteiger partial charge in [-0.05, 0) is 36.4 Å². The minimum atomic E-state index is -5.08. The lowest BCUT2D eigenvalue weighted by molar-refractivity contribution is -0.143. The zero-order valence-electron chi connectivity index (χ0n) is 15.0. The molecule has 2 aromatic rings. The Labute approximate surface area is 160 Å². The number of anilines is 1. The number of methoxy groups -OCH3 is 1. The van der Waals surface area contributed by atoms with E-state index in [2.05, 4.69) is 10.6 Å². The monoisotopic (exact) mass is 420 g/mol. The molecule has 0 fully saturated rings. The molecule has 2 aromatic carbocycles. The predicted octanol–water partition coefficient (Wildman–Crippen LogP) is 4.34. The smallest absolute Gasteiger partial charge is 0.416 e. The van der Waals surface area contributed by atoms with Crippen molar-refractivity contribution in [3.05, 3.63) is 58.7 Å². The minimum Gasteiger partial charge on any atom is -0.495 e. The Balaban J connectivity index is 2.44. The Bertz CT molecular complexity index is 906. The lowest BCUT2D eigenvalue weighted by Gasteiger charge is -2.15. The van der Waals surface area contributed by atoms with E-state index in [-0.39, 0.29) is 23.1 Å². The van der Waals surface area contributed by atoms with Gasteiger partial charge in [0.15, 0.2) is 0 Å². The van der Waals surface area contributed by atoms with E-state index >= 15 is 0 Å². The number of nitrogens with one attached hydrogen (secondary N) is 2. The van der Waals surface area contributed by atoms with Crippen molar-refractivity contribution in [1.82, 2.24) is 5.32 Å². The quantitative estimate of drug-likeness (QED) is 0.723. The van der Waals surface area contributed by atoms with Gasteiger partial charge in [0.1, 0.15) is 5.75 Å². The summed E-state index contributed by atoms with van der Waals surface area (Å²) in [7, 11) is 2.60. The van der Waals surface area contributed by atoms with Crippen LogP contribution < -0.4 is 15.4 Å². The average molecular weight is 420 g/mol. The van der Waals surface area contributed by atoms with Crippen LogP contribution in [-0.4, -0.2) is 26.0 Å². The molecule has 2 N–H and O–H groups in total. The van der Waals surface area contributed by atoms with Gasteiger partial charge in [0.2, 0.25) is 0 Å². The van der Waals surface area contributed by atoms with Crippen LogP contribution >= 0.6 is 0 Å². The highest BCUT2D eigenvalue weighted by molar-refractivity contribution is 6.05.